The highest BCUT2D eigenvalue weighted by atomic mass is 16.5. The summed E-state index contributed by atoms with van der Waals surface area (Å²) in [6.07, 6.45) is 2.96. The molecule has 80 valence electrons. The van der Waals surface area contributed by atoms with Crippen molar-refractivity contribution < 1.29 is 9.53 Å². The van der Waals surface area contributed by atoms with E-state index >= 15 is 0 Å². The third-order valence-electron chi connectivity index (χ3n) is 2.38. The second-order valence-corrected chi connectivity index (χ2v) is 3.68. The van der Waals surface area contributed by atoms with Gasteiger partial charge in [-0.15, -0.1) is 0 Å². The number of Topliss-reactive ketones (excluding diaryl/α,β-unsaturated/α-hetero) is 1. The maximum absolute atomic E-state index is 11.9. The van der Waals surface area contributed by atoms with Crippen LogP contribution < -0.4 is 5.32 Å². The first-order chi connectivity index (χ1) is 7.27. The molecule has 4 heteroatoms. The predicted octanol–water partition coefficient (Wildman–Crippen LogP) is 0.561. The lowest BCUT2D eigenvalue weighted by Gasteiger charge is -2.22. The minimum Gasteiger partial charge on any atom is -0.367 e. The summed E-state index contributed by atoms with van der Waals surface area (Å²) in [5.74, 6) is 0.0124. The van der Waals surface area contributed by atoms with Crippen molar-refractivity contribution in [3.8, 4) is 0 Å². The molecule has 1 unspecified atom stereocenters. The topological polar surface area (TPSA) is 51.2 Å². The van der Waals surface area contributed by atoms with Gasteiger partial charge in [-0.1, -0.05) is 0 Å². The maximum Gasteiger partial charge on any atom is 0.194 e. The Hall–Kier alpha value is -1.26. The molecule has 1 saturated heterocycles. The fraction of sp³-hybridized carbons (Fsp3) is 0.455. The number of hydrogen-bond acceptors (Lipinski definition) is 4. The van der Waals surface area contributed by atoms with Gasteiger partial charge in [-0.05, 0) is 18.6 Å². The molecule has 0 bridgehead atoms. The third kappa shape index (κ3) is 2.40. The Kier molecular flexibility index (Phi) is 3.08. The minimum absolute atomic E-state index is 0.0124. The van der Waals surface area contributed by atoms with Crippen LogP contribution >= 0.6 is 0 Å². The molecule has 0 aromatic carbocycles. The predicted molar refractivity (Wildman–Crippen MR) is 55.9 cm³/mol. The highest BCUT2D eigenvalue weighted by Crippen LogP contribution is 2.08. The number of ketones is 1. The zero-order valence-corrected chi connectivity index (χ0v) is 8.69. The minimum atomic E-state index is -0.359. The average Bonchev–Trinajstić information content (AvgIpc) is 2.29. The van der Waals surface area contributed by atoms with Crippen molar-refractivity contribution in [3.63, 3.8) is 0 Å². The van der Waals surface area contributed by atoms with Crippen molar-refractivity contribution in [1.82, 2.24) is 10.3 Å². The van der Waals surface area contributed by atoms with Gasteiger partial charge in [0.1, 0.15) is 6.10 Å². The van der Waals surface area contributed by atoms with Gasteiger partial charge in [0.2, 0.25) is 0 Å². The highest BCUT2D eigenvalue weighted by molar-refractivity contribution is 5.99. The molecule has 2 rings (SSSR count). The Morgan fingerprint density at radius 3 is 3.13 bits per heavy atom. The zero-order valence-electron chi connectivity index (χ0n) is 8.69. The molecule has 2 heterocycles. The van der Waals surface area contributed by atoms with Crippen molar-refractivity contribution in [2.24, 2.45) is 0 Å². The molecule has 0 amide bonds. The van der Waals surface area contributed by atoms with Crippen molar-refractivity contribution in [2.75, 3.05) is 19.7 Å². The molecule has 1 fully saturated rings. The van der Waals surface area contributed by atoms with Crippen molar-refractivity contribution in [3.05, 3.63) is 29.6 Å². The Bertz CT molecular complexity index is 359. The van der Waals surface area contributed by atoms with Crippen molar-refractivity contribution in [1.29, 1.82) is 0 Å². The van der Waals surface area contributed by atoms with Gasteiger partial charge in [-0.25, -0.2) is 0 Å². The van der Waals surface area contributed by atoms with Crippen LogP contribution in [0.5, 0.6) is 0 Å². The molecule has 0 aliphatic carbocycles. The van der Waals surface area contributed by atoms with Crippen molar-refractivity contribution in [2.45, 2.75) is 13.0 Å². The Morgan fingerprint density at radius 1 is 1.60 bits per heavy atom. The normalized spacial score (nSPS) is 21.3. The lowest BCUT2D eigenvalue weighted by molar-refractivity contribution is 0.0269. The fourth-order valence-electron chi connectivity index (χ4n) is 1.61. The standard InChI is InChI=1S/C11H14N2O2/c1-8-4-9(6-13-5-8)11(14)10-7-12-2-3-15-10/h4-6,10,12H,2-3,7H2,1H3. The second kappa shape index (κ2) is 4.51. The molecule has 0 radical (unpaired) electrons. The molecule has 1 aromatic rings. The smallest absolute Gasteiger partial charge is 0.194 e. The summed E-state index contributed by atoms with van der Waals surface area (Å²) < 4.78 is 5.39. The van der Waals surface area contributed by atoms with Crippen LogP contribution in [0.1, 0.15) is 15.9 Å². The number of aromatic nitrogens is 1. The van der Waals surface area contributed by atoms with Crippen LogP contribution in [0, 0.1) is 6.92 Å². The average molecular weight is 206 g/mol. The van der Waals surface area contributed by atoms with Crippen LogP contribution in [-0.4, -0.2) is 36.6 Å². The maximum atomic E-state index is 11.9. The number of hydrogen-bond donors (Lipinski definition) is 1. The summed E-state index contributed by atoms with van der Waals surface area (Å²) in [7, 11) is 0. The number of carbonyl (C=O) groups is 1. The number of nitrogens with one attached hydrogen (secondary N) is 1. The molecule has 1 N–H and O–H groups in total. The van der Waals surface area contributed by atoms with E-state index in [0.29, 0.717) is 18.7 Å². The summed E-state index contributed by atoms with van der Waals surface area (Å²) >= 11 is 0. The van der Waals surface area contributed by atoms with E-state index in [0.717, 1.165) is 12.1 Å². The van der Waals surface area contributed by atoms with E-state index in [-0.39, 0.29) is 11.9 Å². The first kappa shape index (κ1) is 10.3. The van der Waals surface area contributed by atoms with Crippen LogP contribution in [0.2, 0.25) is 0 Å². The largest absolute Gasteiger partial charge is 0.367 e. The van der Waals surface area contributed by atoms with Gasteiger partial charge in [-0.2, -0.15) is 0 Å². The van der Waals surface area contributed by atoms with E-state index < -0.39 is 0 Å². The quantitative estimate of drug-likeness (QED) is 0.718. The van der Waals surface area contributed by atoms with Gasteiger partial charge in [0.25, 0.3) is 0 Å². The number of morpholine rings is 1. The summed E-state index contributed by atoms with van der Waals surface area (Å²) in [6.45, 7) is 3.92. The highest BCUT2D eigenvalue weighted by Gasteiger charge is 2.23. The SMILES string of the molecule is Cc1cncc(C(=O)C2CNCCO2)c1. The molecule has 0 spiro atoms. The monoisotopic (exact) mass is 206 g/mol. The first-order valence-electron chi connectivity index (χ1n) is 5.05. The fourth-order valence-corrected chi connectivity index (χ4v) is 1.61. The molecular formula is C11H14N2O2. The molecule has 1 aliphatic rings. The summed E-state index contributed by atoms with van der Waals surface area (Å²) in [6, 6.07) is 1.84. The number of ether oxygens (including phenoxy) is 1. The third-order valence-corrected chi connectivity index (χ3v) is 2.38. The van der Waals surface area contributed by atoms with Gasteiger partial charge in [0, 0.05) is 31.0 Å². The van der Waals surface area contributed by atoms with Gasteiger partial charge < -0.3 is 10.1 Å². The van der Waals surface area contributed by atoms with E-state index in [9.17, 15) is 4.79 Å². The molecular weight excluding hydrogens is 192 g/mol. The number of aryl methyl sites for hydroxylation is 1. The molecule has 1 aromatic heterocycles. The number of nitrogens with zero attached hydrogens (tertiary/aromatic N) is 1. The van der Waals surface area contributed by atoms with E-state index in [1.54, 1.807) is 12.4 Å². The number of rotatable bonds is 2. The number of pyridine rings is 1. The van der Waals surface area contributed by atoms with Gasteiger partial charge in [-0.3, -0.25) is 9.78 Å². The summed E-state index contributed by atoms with van der Waals surface area (Å²) in [4.78, 5) is 16.0. The van der Waals surface area contributed by atoms with Crippen LogP contribution in [-0.2, 0) is 4.74 Å². The Morgan fingerprint density at radius 2 is 2.47 bits per heavy atom. The summed E-state index contributed by atoms with van der Waals surface area (Å²) in [5, 5.41) is 3.13. The van der Waals surface area contributed by atoms with Gasteiger partial charge in [0.05, 0.1) is 6.61 Å². The van der Waals surface area contributed by atoms with E-state index in [1.165, 1.54) is 0 Å². The molecule has 15 heavy (non-hydrogen) atoms. The van der Waals surface area contributed by atoms with Crippen LogP contribution in [0.3, 0.4) is 0 Å². The molecule has 0 saturated carbocycles. The van der Waals surface area contributed by atoms with Gasteiger partial charge in [0.15, 0.2) is 5.78 Å². The lowest BCUT2D eigenvalue weighted by Crippen LogP contribution is -2.43. The first-order valence-corrected chi connectivity index (χ1v) is 5.05. The molecule has 1 atom stereocenters. The Labute approximate surface area is 88.7 Å². The summed E-state index contributed by atoms with van der Waals surface area (Å²) in [5.41, 5.74) is 1.62. The van der Waals surface area contributed by atoms with Crippen LogP contribution in [0.15, 0.2) is 18.5 Å². The second-order valence-electron chi connectivity index (χ2n) is 3.68. The molecule has 4 nitrogen and oxygen atoms in total. The Balaban J connectivity index is 2.12. The molecule has 1 aliphatic heterocycles. The lowest BCUT2D eigenvalue weighted by atomic mass is 10.1. The van der Waals surface area contributed by atoms with Crippen molar-refractivity contribution >= 4 is 5.78 Å². The zero-order chi connectivity index (χ0) is 10.7. The number of carbonyl (C=O) groups excluding carboxylic acids is 1. The van der Waals surface area contributed by atoms with E-state index in [1.807, 2.05) is 13.0 Å². The van der Waals surface area contributed by atoms with Gasteiger partial charge >= 0.3 is 0 Å². The van der Waals surface area contributed by atoms with E-state index in [2.05, 4.69) is 10.3 Å². The van der Waals surface area contributed by atoms with E-state index in [4.69, 9.17) is 4.74 Å². The van der Waals surface area contributed by atoms with Crippen LogP contribution in [0.25, 0.3) is 0 Å². The van der Waals surface area contributed by atoms with Crippen LogP contribution in [0.4, 0.5) is 0 Å².